The summed E-state index contributed by atoms with van der Waals surface area (Å²) < 4.78 is 18.7. The van der Waals surface area contributed by atoms with Gasteiger partial charge in [0, 0.05) is 25.9 Å². The molecule has 3 nitrogen and oxygen atoms in total. The van der Waals surface area contributed by atoms with Crippen LogP contribution in [0, 0.1) is 0 Å². The molecule has 0 saturated carbocycles. The summed E-state index contributed by atoms with van der Waals surface area (Å²) in [7, 11) is -3.51. The third-order valence-corrected chi connectivity index (χ3v) is 17.9. The molecule has 0 unspecified atom stereocenters. The Labute approximate surface area is 196 Å². The summed E-state index contributed by atoms with van der Waals surface area (Å²) in [6.07, 6.45) is 11.8. The Balaban J connectivity index is 4.27. The number of rotatable bonds is 23. The molecule has 0 atom stereocenters. The molecule has 0 fully saturated rings. The van der Waals surface area contributed by atoms with E-state index in [-0.39, 0.29) is 0 Å². The zero-order valence-electron chi connectivity index (χ0n) is 21.4. The fourth-order valence-corrected chi connectivity index (χ4v) is 13.5. The van der Waals surface area contributed by atoms with Gasteiger partial charge >= 0.3 is 8.80 Å². The molecule has 6 heteroatoms. The molecule has 0 rings (SSSR count). The lowest BCUT2D eigenvalue weighted by atomic mass is 10.1. The maximum Gasteiger partial charge on any atom is 0.500 e. The maximum atomic E-state index is 6.36. The van der Waals surface area contributed by atoms with Crippen molar-refractivity contribution in [1.82, 2.24) is 0 Å². The predicted molar refractivity (Wildman–Crippen MR) is 142 cm³/mol. The van der Waals surface area contributed by atoms with Gasteiger partial charge in [-0.15, -0.1) is 0 Å². The molecule has 0 aromatic heterocycles. The second kappa shape index (κ2) is 20.3. The van der Waals surface area contributed by atoms with Gasteiger partial charge < -0.3 is 13.3 Å². The lowest BCUT2D eigenvalue weighted by Crippen LogP contribution is -2.46. The van der Waals surface area contributed by atoms with Gasteiger partial charge in [0.2, 0.25) is 0 Å². The normalized spacial score (nSPS) is 12.6. The quantitative estimate of drug-likeness (QED) is 0.109. The molecule has 182 valence electrons. The van der Waals surface area contributed by atoms with Crippen molar-refractivity contribution in [1.29, 1.82) is 0 Å². The Morgan fingerprint density at radius 2 is 1.13 bits per heavy atom. The zero-order valence-corrected chi connectivity index (χ0v) is 24.2. The van der Waals surface area contributed by atoms with E-state index in [1.54, 1.807) is 0 Å². The third-order valence-electron chi connectivity index (χ3n) is 6.48. The van der Waals surface area contributed by atoms with E-state index in [4.69, 9.17) is 13.3 Å². The van der Waals surface area contributed by atoms with Crippen LogP contribution in [-0.4, -0.2) is 47.8 Å². The minimum absolute atomic E-state index is 0.689. The van der Waals surface area contributed by atoms with E-state index in [1.807, 2.05) is 0 Å². The first-order valence-electron chi connectivity index (χ1n) is 13.1. The summed E-state index contributed by atoms with van der Waals surface area (Å²) in [6.45, 7) is 15.8. The second-order valence-electron chi connectivity index (χ2n) is 8.59. The summed E-state index contributed by atoms with van der Waals surface area (Å²) in [5.41, 5.74) is 0. The molecule has 0 heterocycles. The molecule has 30 heavy (non-hydrogen) atoms. The fraction of sp³-hybridized carbons (Fsp3) is 1.00. The van der Waals surface area contributed by atoms with Crippen molar-refractivity contribution in [3.63, 3.8) is 0 Å². The molecule has 0 saturated heterocycles. The minimum Gasteiger partial charge on any atom is -0.374 e. The van der Waals surface area contributed by atoms with E-state index in [0.717, 1.165) is 25.5 Å². The summed E-state index contributed by atoms with van der Waals surface area (Å²) in [4.78, 5) is 0. The standard InChI is InChI=1S/C24H54O3SSi2/c1-7-13-14-15-16-17-18-19-21-27-30(25-8-2,26-9-3)23-20-22-28-24-29(10-4,11-5)12-6/h7-24H2,1-6H3. The van der Waals surface area contributed by atoms with Crippen LogP contribution in [0.1, 0.15) is 99.3 Å². The molecule has 0 amide bonds. The Bertz CT molecular complexity index is 354. The minimum atomic E-state index is -2.50. The van der Waals surface area contributed by atoms with Crippen LogP contribution >= 0.6 is 11.8 Å². The molecular weight excluding hydrogens is 425 g/mol. The highest BCUT2D eigenvalue weighted by molar-refractivity contribution is 8.00. The first-order valence-corrected chi connectivity index (χ1v) is 19.0. The van der Waals surface area contributed by atoms with E-state index >= 15 is 0 Å². The fourth-order valence-electron chi connectivity index (χ4n) is 3.98. The molecule has 0 spiro atoms. The van der Waals surface area contributed by atoms with Gasteiger partial charge in [-0.3, -0.25) is 0 Å². The average Bonchev–Trinajstić information content (AvgIpc) is 2.76. The molecule has 0 aromatic rings. The van der Waals surface area contributed by atoms with Crippen LogP contribution in [-0.2, 0) is 13.3 Å². The number of unbranched alkanes of at least 4 members (excludes halogenated alkanes) is 7. The Morgan fingerprint density at radius 3 is 1.63 bits per heavy atom. The Kier molecular flexibility index (Phi) is 20.7. The predicted octanol–water partition coefficient (Wildman–Crippen LogP) is 8.33. The number of thioether (sulfide) groups is 1. The smallest absolute Gasteiger partial charge is 0.374 e. The maximum absolute atomic E-state index is 6.36. The van der Waals surface area contributed by atoms with E-state index in [9.17, 15) is 0 Å². The molecule has 0 radical (unpaired) electrons. The van der Waals surface area contributed by atoms with Gasteiger partial charge in [0.05, 0.1) is 8.07 Å². The van der Waals surface area contributed by atoms with Crippen LogP contribution in [0.25, 0.3) is 0 Å². The first-order chi connectivity index (χ1) is 14.6. The molecule has 0 N–H and O–H groups in total. The number of hydrogen-bond donors (Lipinski definition) is 0. The van der Waals surface area contributed by atoms with Gasteiger partial charge in [0.25, 0.3) is 0 Å². The van der Waals surface area contributed by atoms with E-state index in [1.165, 1.54) is 74.2 Å². The highest BCUT2D eigenvalue weighted by atomic mass is 32.2. The lowest BCUT2D eigenvalue weighted by molar-refractivity contribution is 0.0655. The van der Waals surface area contributed by atoms with E-state index < -0.39 is 16.9 Å². The molecule has 0 bridgehead atoms. The van der Waals surface area contributed by atoms with Crippen molar-refractivity contribution in [2.24, 2.45) is 0 Å². The van der Waals surface area contributed by atoms with Crippen LogP contribution in [0.15, 0.2) is 0 Å². The molecule has 0 aliphatic carbocycles. The van der Waals surface area contributed by atoms with Crippen molar-refractivity contribution >= 4 is 28.6 Å². The largest absolute Gasteiger partial charge is 0.500 e. The highest BCUT2D eigenvalue weighted by Crippen LogP contribution is 2.27. The second-order valence-corrected chi connectivity index (χ2v) is 18.4. The third kappa shape index (κ3) is 13.9. The molecule has 0 aromatic carbocycles. The monoisotopic (exact) mass is 478 g/mol. The van der Waals surface area contributed by atoms with Crippen molar-refractivity contribution < 1.29 is 13.3 Å². The van der Waals surface area contributed by atoms with Gasteiger partial charge in [-0.2, -0.15) is 11.8 Å². The van der Waals surface area contributed by atoms with Gasteiger partial charge in [-0.1, -0.05) is 90.8 Å². The van der Waals surface area contributed by atoms with Crippen molar-refractivity contribution in [2.75, 3.05) is 30.9 Å². The summed E-state index contributed by atoms with van der Waals surface area (Å²) in [6, 6.07) is 5.24. The topological polar surface area (TPSA) is 27.7 Å². The van der Waals surface area contributed by atoms with Crippen molar-refractivity contribution in [3.05, 3.63) is 0 Å². The molecule has 0 aliphatic heterocycles. The summed E-state index contributed by atoms with van der Waals surface area (Å²) in [5.74, 6) is 1.21. The van der Waals surface area contributed by atoms with Gasteiger partial charge in [0.1, 0.15) is 0 Å². The van der Waals surface area contributed by atoms with Gasteiger partial charge in [0.15, 0.2) is 0 Å². The van der Waals surface area contributed by atoms with Crippen LogP contribution < -0.4 is 0 Å². The molecular formula is C24H54O3SSi2. The number of hydrogen-bond acceptors (Lipinski definition) is 4. The summed E-state index contributed by atoms with van der Waals surface area (Å²) >= 11 is 2.17. The first kappa shape index (κ1) is 30.7. The zero-order chi connectivity index (χ0) is 22.6. The lowest BCUT2D eigenvalue weighted by Gasteiger charge is -2.30. The van der Waals surface area contributed by atoms with Crippen LogP contribution in [0.2, 0.25) is 24.2 Å². The molecule has 0 aliphatic rings. The van der Waals surface area contributed by atoms with Gasteiger partial charge in [-0.25, -0.2) is 0 Å². The highest BCUT2D eigenvalue weighted by Gasteiger charge is 2.40. The SMILES string of the molecule is CCCCCCCCCCO[Si](CCCSC[Si](CC)(CC)CC)(OCC)OCC. The van der Waals surface area contributed by atoms with Crippen LogP contribution in [0.3, 0.4) is 0 Å². The van der Waals surface area contributed by atoms with Gasteiger partial charge in [-0.05, 0) is 37.8 Å². The van der Waals surface area contributed by atoms with E-state index in [0.29, 0.717) is 13.2 Å². The summed E-state index contributed by atoms with van der Waals surface area (Å²) in [5, 5.41) is 1.41. The Morgan fingerprint density at radius 1 is 0.600 bits per heavy atom. The average molecular weight is 479 g/mol. The van der Waals surface area contributed by atoms with E-state index in [2.05, 4.69) is 53.3 Å². The van der Waals surface area contributed by atoms with Crippen LogP contribution in [0.4, 0.5) is 0 Å². The Hall–Kier alpha value is 0.664. The van der Waals surface area contributed by atoms with Crippen LogP contribution in [0.5, 0.6) is 0 Å². The van der Waals surface area contributed by atoms with Crippen molar-refractivity contribution in [3.8, 4) is 0 Å². The van der Waals surface area contributed by atoms with Crippen molar-refractivity contribution in [2.45, 2.75) is 124 Å².